The first kappa shape index (κ1) is 13.9. The molecule has 3 rings (SSSR count). The van der Waals surface area contributed by atoms with Crippen LogP contribution in [0.15, 0.2) is 0 Å². The molecule has 5 atom stereocenters. The molecule has 2 saturated carbocycles. The molecule has 1 spiro atoms. The molecular weight excluding hydrogens is 232 g/mol. The van der Waals surface area contributed by atoms with Crippen molar-refractivity contribution in [1.82, 2.24) is 0 Å². The molecule has 0 amide bonds. The van der Waals surface area contributed by atoms with Gasteiger partial charge in [-0.2, -0.15) is 0 Å². The van der Waals surface area contributed by atoms with Crippen LogP contribution in [0.4, 0.5) is 0 Å². The molecule has 1 saturated heterocycles. The van der Waals surface area contributed by atoms with E-state index < -0.39 is 0 Å². The molecule has 1 aliphatic heterocycles. The Hall–Kier alpha value is -0.0400. The Balaban J connectivity index is 1.96. The van der Waals surface area contributed by atoms with Crippen LogP contribution in [0, 0.1) is 39.9 Å². The summed E-state index contributed by atoms with van der Waals surface area (Å²) in [6.45, 7) is 16.9. The van der Waals surface area contributed by atoms with Gasteiger partial charge in [0.25, 0.3) is 0 Å². The molecule has 3 aliphatic rings. The zero-order chi connectivity index (χ0) is 14.1. The SMILES string of the molecule is CC(C)(C)C1C2CC(C1C(C)(C)C)C1(CCOC1)C2. The van der Waals surface area contributed by atoms with Gasteiger partial charge in [-0.3, -0.25) is 0 Å². The summed E-state index contributed by atoms with van der Waals surface area (Å²) in [6, 6.07) is 0. The monoisotopic (exact) mass is 264 g/mol. The number of fused-ring (bicyclic) bond motifs is 3. The minimum Gasteiger partial charge on any atom is -0.381 e. The highest BCUT2D eigenvalue weighted by atomic mass is 16.5. The predicted octanol–water partition coefficient (Wildman–Crippen LogP) is 4.76. The number of rotatable bonds is 0. The van der Waals surface area contributed by atoms with Crippen molar-refractivity contribution < 1.29 is 4.74 Å². The lowest BCUT2D eigenvalue weighted by atomic mass is 9.53. The Morgan fingerprint density at radius 2 is 1.58 bits per heavy atom. The molecule has 0 aromatic heterocycles. The van der Waals surface area contributed by atoms with Crippen LogP contribution in [0.3, 0.4) is 0 Å². The molecule has 2 aliphatic carbocycles. The minimum absolute atomic E-state index is 0.438. The van der Waals surface area contributed by atoms with Crippen molar-refractivity contribution in [3.8, 4) is 0 Å². The highest BCUT2D eigenvalue weighted by Gasteiger charge is 2.64. The maximum atomic E-state index is 5.82. The Morgan fingerprint density at radius 1 is 0.947 bits per heavy atom. The molecule has 0 aromatic carbocycles. The van der Waals surface area contributed by atoms with Gasteiger partial charge in [0, 0.05) is 6.61 Å². The van der Waals surface area contributed by atoms with Crippen molar-refractivity contribution in [1.29, 1.82) is 0 Å². The molecule has 1 nitrogen and oxygen atoms in total. The second-order valence-corrected chi connectivity index (χ2v) is 9.75. The van der Waals surface area contributed by atoms with Crippen molar-refractivity contribution in [3.63, 3.8) is 0 Å². The van der Waals surface area contributed by atoms with E-state index in [4.69, 9.17) is 4.74 Å². The lowest BCUT2D eigenvalue weighted by molar-refractivity contribution is -0.0418. The van der Waals surface area contributed by atoms with E-state index >= 15 is 0 Å². The average molecular weight is 264 g/mol. The van der Waals surface area contributed by atoms with Gasteiger partial charge >= 0.3 is 0 Å². The lowest BCUT2D eigenvalue weighted by Gasteiger charge is -2.51. The topological polar surface area (TPSA) is 9.23 Å². The fourth-order valence-electron chi connectivity index (χ4n) is 6.14. The third-order valence-corrected chi connectivity index (χ3v) is 6.47. The zero-order valence-electron chi connectivity index (χ0n) is 13.8. The van der Waals surface area contributed by atoms with Crippen LogP contribution in [-0.4, -0.2) is 13.2 Å². The fourth-order valence-corrected chi connectivity index (χ4v) is 6.14. The van der Waals surface area contributed by atoms with Crippen LogP contribution in [0.25, 0.3) is 0 Å². The largest absolute Gasteiger partial charge is 0.381 e. The van der Waals surface area contributed by atoms with Crippen LogP contribution < -0.4 is 0 Å². The Kier molecular flexibility index (Phi) is 2.93. The van der Waals surface area contributed by atoms with Gasteiger partial charge in [-0.05, 0) is 59.2 Å². The smallest absolute Gasteiger partial charge is 0.0526 e. The molecule has 0 N–H and O–H groups in total. The standard InChI is InChI=1S/C18H32O/c1-16(2,3)14-12-9-13(15(14)17(4,5)6)18(10-12)7-8-19-11-18/h12-15H,7-11H2,1-6H3. The molecule has 5 unspecified atom stereocenters. The Morgan fingerprint density at radius 3 is 2.05 bits per heavy atom. The number of ether oxygens (including phenoxy) is 1. The molecule has 1 heteroatoms. The van der Waals surface area contributed by atoms with Gasteiger partial charge in [0.15, 0.2) is 0 Å². The van der Waals surface area contributed by atoms with Gasteiger partial charge < -0.3 is 4.74 Å². The van der Waals surface area contributed by atoms with Crippen LogP contribution in [0.5, 0.6) is 0 Å². The predicted molar refractivity (Wildman–Crippen MR) is 80.0 cm³/mol. The number of hydrogen-bond acceptors (Lipinski definition) is 1. The van der Waals surface area contributed by atoms with Crippen LogP contribution in [0.2, 0.25) is 0 Å². The second-order valence-electron chi connectivity index (χ2n) is 9.75. The average Bonchev–Trinajstić information content (AvgIpc) is 2.88. The van der Waals surface area contributed by atoms with E-state index in [0.717, 1.165) is 36.9 Å². The minimum atomic E-state index is 0.438. The van der Waals surface area contributed by atoms with Gasteiger partial charge in [-0.15, -0.1) is 0 Å². The van der Waals surface area contributed by atoms with Crippen molar-refractivity contribution in [2.24, 2.45) is 39.9 Å². The van der Waals surface area contributed by atoms with Crippen LogP contribution in [-0.2, 0) is 4.74 Å². The quantitative estimate of drug-likeness (QED) is 0.613. The Bertz CT molecular complexity index is 351. The summed E-state index contributed by atoms with van der Waals surface area (Å²) >= 11 is 0. The van der Waals surface area contributed by atoms with Crippen molar-refractivity contribution in [2.75, 3.05) is 13.2 Å². The third kappa shape index (κ3) is 1.99. The lowest BCUT2D eigenvalue weighted by Crippen LogP contribution is -2.47. The van der Waals surface area contributed by atoms with E-state index in [-0.39, 0.29) is 0 Å². The summed E-state index contributed by atoms with van der Waals surface area (Å²) in [5.41, 5.74) is 1.45. The summed E-state index contributed by atoms with van der Waals surface area (Å²) in [5.74, 6) is 3.66. The summed E-state index contributed by atoms with van der Waals surface area (Å²) in [6.07, 6.45) is 4.26. The van der Waals surface area contributed by atoms with Gasteiger partial charge in [-0.25, -0.2) is 0 Å². The molecule has 0 radical (unpaired) electrons. The third-order valence-electron chi connectivity index (χ3n) is 6.47. The first-order chi connectivity index (χ1) is 8.65. The van der Waals surface area contributed by atoms with E-state index in [1.165, 1.54) is 19.3 Å². The highest BCUT2D eigenvalue weighted by molar-refractivity contribution is 5.12. The molecular formula is C18H32O. The zero-order valence-corrected chi connectivity index (χ0v) is 13.8. The van der Waals surface area contributed by atoms with Crippen molar-refractivity contribution >= 4 is 0 Å². The van der Waals surface area contributed by atoms with E-state index in [1.807, 2.05) is 0 Å². The molecule has 19 heavy (non-hydrogen) atoms. The van der Waals surface area contributed by atoms with E-state index in [1.54, 1.807) is 0 Å². The summed E-state index contributed by atoms with van der Waals surface area (Å²) in [7, 11) is 0. The molecule has 1 heterocycles. The first-order valence-corrected chi connectivity index (χ1v) is 8.23. The van der Waals surface area contributed by atoms with Gasteiger partial charge in [0.1, 0.15) is 0 Å². The van der Waals surface area contributed by atoms with E-state index in [2.05, 4.69) is 41.5 Å². The maximum Gasteiger partial charge on any atom is 0.0526 e. The van der Waals surface area contributed by atoms with E-state index in [9.17, 15) is 0 Å². The van der Waals surface area contributed by atoms with Crippen LogP contribution >= 0.6 is 0 Å². The molecule has 2 bridgehead atoms. The maximum absolute atomic E-state index is 5.82. The molecule has 3 fully saturated rings. The second kappa shape index (κ2) is 4.00. The van der Waals surface area contributed by atoms with Gasteiger partial charge in [-0.1, -0.05) is 41.5 Å². The fraction of sp³-hybridized carbons (Fsp3) is 1.00. The molecule has 110 valence electrons. The Labute approximate surface area is 119 Å². The molecule has 0 aromatic rings. The summed E-state index contributed by atoms with van der Waals surface area (Å²) in [5, 5.41) is 0. The van der Waals surface area contributed by atoms with Gasteiger partial charge in [0.2, 0.25) is 0 Å². The first-order valence-electron chi connectivity index (χ1n) is 8.23. The highest BCUT2D eigenvalue weighted by Crippen LogP contribution is 2.70. The van der Waals surface area contributed by atoms with E-state index in [0.29, 0.717) is 16.2 Å². The number of hydrogen-bond donors (Lipinski definition) is 0. The van der Waals surface area contributed by atoms with Crippen molar-refractivity contribution in [2.45, 2.75) is 60.8 Å². The summed E-state index contributed by atoms with van der Waals surface area (Å²) in [4.78, 5) is 0. The van der Waals surface area contributed by atoms with Crippen LogP contribution in [0.1, 0.15) is 60.8 Å². The summed E-state index contributed by atoms with van der Waals surface area (Å²) < 4.78 is 5.82. The van der Waals surface area contributed by atoms with Crippen molar-refractivity contribution in [3.05, 3.63) is 0 Å². The normalized spacial score (nSPS) is 46.4. The van der Waals surface area contributed by atoms with Gasteiger partial charge in [0.05, 0.1) is 6.61 Å².